The Bertz CT molecular complexity index is 597. The molecule has 0 aliphatic carbocycles. The lowest BCUT2D eigenvalue weighted by atomic mass is 10.1. The van der Waals surface area contributed by atoms with Gasteiger partial charge in [-0.3, -0.25) is 5.41 Å². The topological polar surface area (TPSA) is 66.0 Å². The van der Waals surface area contributed by atoms with E-state index in [4.69, 9.17) is 11.1 Å². The first-order valence-electron chi connectivity index (χ1n) is 6.07. The van der Waals surface area contributed by atoms with Crippen LogP contribution in [0.2, 0.25) is 0 Å². The Morgan fingerprint density at radius 3 is 2.84 bits per heavy atom. The van der Waals surface area contributed by atoms with Crippen molar-refractivity contribution in [3.05, 3.63) is 35.9 Å². The number of para-hydroxylation sites is 1. The summed E-state index contributed by atoms with van der Waals surface area (Å²) in [5.41, 5.74) is 7.31. The van der Waals surface area contributed by atoms with Crippen molar-refractivity contribution in [3.63, 3.8) is 0 Å². The van der Waals surface area contributed by atoms with E-state index in [1.807, 2.05) is 37.4 Å². The summed E-state index contributed by atoms with van der Waals surface area (Å²) in [5.74, 6) is 1.85. The van der Waals surface area contributed by atoms with Gasteiger partial charge in [-0.1, -0.05) is 18.2 Å². The molecule has 1 heterocycles. The predicted octanol–water partition coefficient (Wildman–Crippen LogP) is 2.32. The van der Waals surface area contributed by atoms with E-state index in [1.54, 1.807) is 11.8 Å². The molecule has 4 nitrogen and oxygen atoms in total. The number of thioether (sulfide) groups is 1. The maximum absolute atomic E-state index is 7.73. The highest BCUT2D eigenvalue weighted by Gasteiger charge is 2.13. The van der Waals surface area contributed by atoms with Gasteiger partial charge in [-0.15, -0.1) is 0 Å². The Hall–Kier alpha value is -1.75. The van der Waals surface area contributed by atoms with Gasteiger partial charge in [0.15, 0.2) is 0 Å². The zero-order valence-electron chi connectivity index (χ0n) is 11.2. The van der Waals surface area contributed by atoms with E-state index >= 15 is 0 Å². The van der Waals surface area contributed by atoms with Gasteiger partial charge >= 0.3 is 0 Å². The highest BCUT2D eigenvalue weighted by molar-refractivity contribution is 7.98. The minimum absolute atomic E-state index is 0.0595. The van der Waals surface area contributed by atoms with Gasteiger partial charge in [-0.05, 0) is 18.4 Å². The monoisotopic (exact) mass is 274 g/mol. The van der Waals surface area contributed by atoms with E-state index in [2.05, 4.69) is 16.1 Å². The fraction of sp³-hybridized carbons (Fsp3) is 0.286. The van der Waals surface area contributed by atoms with Crippen molar-refractivity contribution in [1.82, 2.24) is 4.98 Å². The number of nitrogens with two attached hydrogens (primary N) is 1. The fourth-order valence-electron chi connectivity index (χ4n) is 1.93. The summed E-state index contributed by atoms with van der Waals surface area (Å²) in [6.07, 6.45) is 2.08. The third-order valence-corrected chi connectivity index (χ3v) is 3.58. The van der Waals surface area contributed by atoms with Crippen molar-refractivity contribution in [2.24, 2.45) is 5.73 Å². The first-order chi connectivity index (χ1) is 9.13. The van der Waals surface area contributed by atoms with Crippen molar-refractivity contribution in [1.29, 1.82) is 5.41 Å². The largest absolute Gasteiger partial charge is 0.384 e. The number of pyridine rings is 1. The number of amidine groups is 1. The van der Waals surface area contributed by atoms with E-state index in [9.17, 15) is 0 Å². The van der Waals surface area contributed by atoms with Gasteiger partial charge in [0.25, 0.3) is 0 Å². The average molecular weight is 274 g/mol. The molecule has 100 valence electrons. The second-order valence-corrected chi connectivity index (χ2v) is 5.37. The third-order valence-electron chi connectivity index (χ3n) is 2.99. The van der Waals surface area contributed by atoms with E-state index in [-0.39, 0.29) is 5.84 Å². The number of nitrogens with zero attached hydrogens (tertiary/aromatic N) is 2. The molecule has 19 heavy (non-hydrogen) atoms. The zero-order chi connectivity index (χ0) is 13.8. The number of fused-ring (bicyclic) bond motifs is 1. The van der Waals surface area contributed by atoms with Crippen molar-refractivity contribution < 1.29 is 0 Å². The van der Waals surface area contributed by atoms with Crippen LogP contribution >= 0.6 is 11.8 Å². The minimum atomic E-state index is 0.0595. The number of aromatic nitrogens is 1. The fourth-order valence-corrected chi connectivity index (χ4v) is 2.39. The van der Waals surface area contributed by atoms with Gasteiger partial charge in [-0.2, -0.15) is 11.8 Å². The Morgan fingerprint density at radius 1 is 1.42 bits per heavy atom. The molecule has 0 atom stereocenters. The Balaban J connectivity index is 2.50. The van der Waals surface area contributed by atoms with Crippen molar-refractivity contribution in [2.75, 3.05) is 30.5 Å². The van der Waals surface area contributed by atoms with Gasteiger partial charge in [0.2, 0.25) is 0 Å². The molecular formula is C14H18N4S. The molecule has 0 spiro atoms. The van der Waals surface area contributed by atoms with Gasteiger partial charge < -0.3 is 10.6 Å². The molecule has 0 fully saturated rings. The van der Waals surface area contributed by atoms with Crippen LogP contribution in [0.5, 0.6) is 0 Å². The second-order valence-electron chi connectivity index (χ2n) is 4.38. The number of nitrogen functional groups attached to an aromatic ring is 1. The minimum Gasteiger partial charge on any atom is -0.384 e. The van der Waals surface area contributed by atoms with E-state index in [0.717, 1.165) is 29.0 Å². The van der Waals surface area contributed by atoms with Crippen LogP contribution in [0, 0.1) is 5.41 Å². The van der Waals surface area contributed by atoms with Gasteiger partial charge in [0.1, 0.15) is 11.7 Å². The molecule has 0 bridgehead atoms. The van der Waals surface area contributed by atoms with Crippen LogP contribution in [0.25, 0.3) is 10.9 Å². The number of benzene rings is 1. The molecule has 0 radical (unpaired) electrons. The van der Waals surface area contributed by atoms with Crippen LogP contribution in [-0.2, 0) is 0 Å². The summed E-state index contributed by atoms with van der Waals surface area (Å²) < 4.78 is 0. The van der Waals surface area contributed by atoms with E-state index in [0.29, 0.717) is 5.56 Å². The van der Waals surface area contributed by atoms with Gasteiger partial charge in [0.05, 0.1) is 11.1 Å². The lowest BCUT2D eigenvalue weighted by molar-refractivity contribution is 0.950. The molecular weight excluding hydrogens is 256 g/mol. The molecule has 0 unspecified atom stereocenters. The number of hydrogen-bond acceptors (Lipinski definition) is 4. The third kappa shape index (κ3) is 2.98. The van der Waals surface area contributed by atoms with Crippen LogP contribution in [0.15, 0.2) is 30.3 Å². The van der Waals surface area contributed by atoms with Crippen molar-refractivity contribution in [3.8, 4) is 0 Å². The summed E-state index contributed by atoms with van der Waals surface area (Å²) in [5, 5.41) is 8.74. The summed E-state index contributed by atoms with van der Waals surface area (Å²) in [6, 6.07) is 9.83. The molecule has 5 heteroatoms. The second kappa shape index (κ2) is 5.93. The first-order valence-corrected chi connectivity index (χ1v) is 7.47. The lowest BCUT2D eigenvalue weighted by Gasteiger charge is -2.21. The van der Waals surface area contributed by atoms with E-state index in [1.165, 1.54) is 0 Å². The zero-order valence-corrected chi connectivity index (χ0v) is 12.0. The molecule has 3 N–H and O–H groups in total. The summed E-state index contributed by atoms with van der Waals surface area (Å²) in [7, 11) is 1.99. The molecule has 0 saturated heterocycles. The molecule has 0 saturated carbocycles. The molecule has 0 aliphatic rings. The average Bonchev–Trinajstić information content (AvgIpc) is 2.43. The maximum Gasteiger partial charge on any atom is 0.140 e. The summed E-state index contributed by atoms with van der Waals surface area (Å²) in [4.78, 5) is 6.70. The smallest absolute Gasteiger partial charge is 0.140 e. The summed E-state index contributed by atoms with van der Waals surface area (Å²) in [6.45, 7) is 0.882. The Labute approximate surface area is 117 Å². The number of anilines is 1. The molecule has 0 aliphatic heterocycles. The normalized spacial score (nSPS) is 10.6. The lowest BCUT2D eigenvalue weighted by Crippen LogP contribution is -2.25. The Morgan fingerprint density at radius 2 is 2.16 bits per heavy atom. The number of rotatable bonds is 5. The molecule has 1 aromatic carbocycles. The quantitative estimate of drug-likeness (QED) is 0.648. The van der Waals surface area contributed by atoms with Gasteiger partial charge in [0, 0.05) is 24.7 Å². The summed E-state index contributed by atoms with van der Waals surface area (Å²) >= 11 is 1.79. The van der Waals surface area contributed by atoms with Crippen LogP contribution in [0.3, 0.4) is 0 Å². The standard InChI is InChI=1S/C14H18N4S/c1-18(7-8-19-2)14-11(13(15)16)9-10-5-3-4-6-12(10)17-14/h3-6,9H,7-8H2,1-2H3,(H3,15,16). The van der Waals surface area contributed by atoms with Crippen LogP contribution in [-0.4, -0.2) is 36.4 Å². The molecule has 0 amide bonds. The van der Waals surface area contributed by atoms with Crippen molar-refractivity contribution in [2.45, 2.75) is 0 Å². The highest BCUT2D eigenvalue weighted by Crippen LogP contribution is 2.22. The van der Waals surface area contributed by atoms with Crippen LogP contribution in [0.4, 0.5) is 5.82 Å². The SMILES string of the molecule is CSCCN(C)c1nc2ccccc2cc1C(=N)N. The molecule has 2 rings (SSSR count). The highest BCUT2D eigenvalue weighted by atomic mass is 32.2. The van der Waals surface area contributed by atoms with Crippen LogP contribution < -0.4 is 10.6 Å². The number of hydrogen-bond donors (Lipinski definition) is 2. The van der Waals surface area contributed by atoms with Gasteiger partial charge in [-0.25, -0.2) is 4.98 Å². The molecule has 1 aromatic heterocycles. The predicted molar refractivity (Wildman–Crippen MR) is 84.4 cm³/mol. The van der Waals surface area contributed by atoms with Crippen LogP contribution in [0.1, 0.15) is 5.56 Å². The van der Waals surface area contributed by atoms with E-state index < -0.39 is 0 Å². The van der Waals surface area contributed by atoms with Crippen molar-refractivity contribution >= 4 is 34.3 Å². The first kappa shape index (κ1) is 13.7. The Kier molecular flexibility index (Phi) is 4.27. The number of nitrogens with one attached hydrogen (secondary N) is 1. The maximum atomic E-state index is 7.73. The molecule has 2 aromatic rings.